The minimum absolute atomic E-state index is 0.0418. The lowest BCUT2D eigenvalue weighted by molar-refractivity contribution is 0.294. The standard InChI is InChI=1S/C16H17BrFNO/c1-11(19)9-12-6-4-7-14(17)16(12)20-10-13-5-2-3-8-15(13)18/h2-8,11H,9-10,19H2,1H3. The van der Waals surface area contributed by atoms with Crippen molar-refractivity contribution >= 4 is 15.9 Å². The zero-order valence-electron chi connectivity index (χ0n) is 11.3. The van der Waals surface area contributed by atoms with Gasteiger partial charge in [-0.3, -0.25) is 0 Å². The van der Waals surface area contributed by atoms with E-state index in [0.717, 1.165) is 15.8 Å². The van der Waals surface area contributed by atoms with E-state index < -0.39 is 0 Å². The molecule has 2 rings (SSSR count). The van der Waals surface area contributed by atoms with Crippen LogP contribution >= 0.6 is 15.9 Å². The highest BCUT2D eigenvalue weighted by Gasteiger charge is 2.11. The summed E-state index contributed by atoms with van der Waals surface area (Å²) in [7, 11) is 0. The lowest BCUT2D eigenvalue weighted by Gasteiger charge is -2.15. The predicted molar refractivity (Wildman–Crippen MR) is 82.2 cm³/mol. The van der Waals surface area contributed by atoms with Crippen LogP contribution in [0.15, 0.2) is 46.9 Å². The van der Waals surface area contributed by atoms with Crippen molar-refractivity contribution in [2.75, 3.05) is 0 Å². The number of para-hydroxylation sites is 1. The molecule has 0 amide bonds. The summed E-state index contributed by atoms with van der Waals surface area (Å²) >= 11 is 3.47. The zero-order chi connectivity index (χ0) is 14.5. The molecule has 106 valence electrons. The zero-order valence-corrected chi connectivity index (χ0v) is 12.9. The lowest BCUT2D eigenvalue weighted by Crippen LogP contribution is -2.18. The van der Waals surface area contributed by atoms with E-state index in [1.54, 1.807) is 18.2 Å². The Morgan fingerprint density at radius 1 is 1.15 bits per heavy atom. The molecule has 2 aromatic carbocycles. The van der Waals surface area contributed by atoms with Crippen molar-refractivity contribution in [1.82, 2.24) is 0 Å². The third-order valence-corrected chi connectivity index (χ3v) is 3.54. The summed E-state index contributed by atoms with van der Waals surface area (Å²) in [5.74, 6) is 0.473. The average Bonchev–Trinajstić information content (AvgIpc) is 2.39. The molecule has 2 N–H and O–H groups in total. The summed E-state index contributed by atoms with van der Waals surface area (Å²) in [4.78, 5) is 0. The van der Waals surface area contributed by atoms with Gasteiger partial charge in [0.05, 0.1) is 4.47 Å². The molecule has 0 aliphatic rings. The molecule has 0 saturated heterocycles. The highest BCUT2D eigenvalue weighted by Crippen LogP contribution is 2.30. The number of nitrogens with two attached hydrogens (primary N) is 1. The van der Waals surface area contributed by atoms with Crippen LogP contribution in [0.3, 0.4) is 0 Å². The molecule has 0 fully saturated rings. The van der Waals surface area contributed by atoms with E-state index in [-0.39, 0.29) is 18.5 Å². The third kappa shape index (κ3) is 3.81. The van der Waals surface area contributed by atoms with Gasteiger partial charge in [-0.2, -0.15) is 0 Å². The number of hydrogen-bond acceptors (Lipinski definition) is 2. The van der Waals surface area contributed by atoms with Gasteiger partial charge in [-0.25, -0.2) is 4.39 Å². The van der Waals surface area contributed by atoms with Crippen molar-refractivity contribution in [2.45, 2.75) is 26.0 Å². The Morgan fingerprint density at radius 2 is 1.85 bits per heavy atom. The summed E-state index contributed by atoms with van der Waals surface area (Å²) in [5.41, 5.74) is 7.40. The van der Waals surface area contributed by atoms with E-state index in [9.17, 15) is 4.39 Å². The number of ether oxygens (including phenoxy) is 1. The first-order valence-corrected chi connectivity index (χ1v) is 7.26. The smallest absolute Gasteiger partial charge is 0.137 e. The first kappa shape index (κ1) is 15.0. The molecule has 1 atom stereocenters. The van der Waals surface area contributed by atoms with Crippen LogP contribution in [0.4, 0.5) is 4.39 Å². The molecule has 2 nitrogen and oxygen atoms in total. The Kier molecular flexibility index (Phi) is 5.15. The molecule has 0 saturated carbocycles. The highest BCUT2D eigenvalue weighted by atomic mass is 79.9. The van der Waals surface area contributed by atoms with Gasteiger partial charge in [0.15, 0.2) is 0 Å². The first-order valence-electron chi connectivity index (χ1n) is 6.47. The van der Waals surface area contributed by atoms with Crippen LogP contribution < -0.4 is 10.5 Å². The van der Waals surface area contributed by atoms with E-state index in [4.69, 9.17) is 10.5 Å². The van der Waals surface area contributed by atoms with Gasteiger partial charge < -0.3 is 10.5 Å². The molecule has 0 spiro atoms. The van der Waals surface area contributed by atoms with Crippen molar-refractivity contribution < 1.29 is 9.13 Å². The van der Waals surface area contributed by atoms with Gasteiger partial charge in [-0.05, 0) is 47.0 Å². The van der Waals surface area contributed by atoms with Crippen molar-refractivity contribution in [3.8, 4) is 5.75 Å². The molecule has 0 aliphatic carbocycles. The molecule has 2 aromatic rings. The third-order valence-electron chi connectivity index (χ3n) is 2.92. The van der Waals surface area contributed by atoms with Crippen LogP contribution in [0.25, 0.3) is 0 Å². The molecular formula is C16H17BrFNO. The van der Waals surface area contributed by atoms with E-state index in [1.807, 2.05) is 25.1 Å². The lowest BCUT2D eigenvalue weighted by atomic mass is 10.1. The first-order chi connectivity index (χ1) is 9.58. The van der Waals surface area contributed by atoms with Crippen molar-refractivity contribution in [2.24, 2.45) is 5.73 Å². The van der Waals surface area contributed by atoms with Crippen LogP contribution in [0.1, 0.15) is 18.1 Å². The Labute approximate surface area is 126 Å². The van der Waals surface area contributed by atoms with Crippen LogP contribution in [-0.4, -0.2) is 6.04 Å². The number of rotatable bonds is 5. The Balaban J connectivity index is 2.18. The number of hydrogen-bond donors (Lipinski definition) is 1. The number of halogens is 2. The Hall–Kier alpha value is -1.39. The van der Waals surface area contributed by atoms with E-state index in [0.29, 0.717) is 12.0 Å². The Morgan fingerprint density at radius 3 is 2.55 bits per heavy atom. The molecule has 0 radical (unpaired) electrons. The summed E-state index contributed by atoms with van der Waals surface area (Å²) < 4.78 is 20.2. The molecule has 1 unspecified atom stereocenters. The maximum Gasteiger partial charge on any atom is 0.137 e. The summed E-state index contributed by atoms with van der Waals surface area (Å²) in [5, 5.41) is 0. The van der Waals surface area contributed by atoms with Gasteiger partial charge in [0, 0.05) is 11.6 Å². The minimum Gasteiger partial charge on any atom is -0.487 e. The molecule has 4 heteroatoms. The van der Waals surface area contributed by atoms with E-state index >= 15 is 0 Å². The van der Waals surface area contributed by atoms with Gasteiger partial charge in [0.25, 0.3) is 0 Å². The van der Waals surface area contributed by atoms with E-state index in [2.05, 4.69) is 15.9 Å². The predicted octanol–water partition coefficient (Wildman–Crippen LogP) is 4.06. The van der Waals surface area contributed by atoms with Crippen molar-refractivity contribution in [3.63, 3.8) is 0 Å². The maximum atomic E-state index is 13.6. The minimum atomic E-state index is -0.256. The van der Waals surface area contributed by atoms with Gasteiger partial charge in [0.2, 0.25) is 0 Å². The van der Waals surface area contributed by atoms with Crippen LogP contribution in [-0.2, 0) is 13.0 Å². The SMILES string of the molecule is CC(N)Cc1cccc(Br)c1OCc1ccccc1F. The van der Waals surface area contributed by atoms with Gasteiger partial charge >= 0.3 is 0 Å². The second kappa shape index (κ2) is 6.86. The number of benzene rings is 2. The normalized spacial score (nSPS) is 12.2. The quantitative estimate of drug-likeness (QED) is 0.892. The molecule has 0 aromatic heterocycles. The van der Waals surface area contributed by atoms with E-state index in [1.165, 1.54) is 6.07 Å². The van der Waals surface area contributed by atoms with Crippen LogP contribution in [0, 0.1) is 5.82 Å². The fourth-order valence-electron chi connectivity index (χ4n) is 1.99. The second-order valence-corrected chi connectivity index (χ2v) is 5.64. The van der Waals surface area contributed by atoms with Gasteiger partial charge in [-0.15, -0.1) is 0 Å². The Bertz CT molecular complexity index is 586. The topological polar surface area (TPSA) is 35.2 Å². The fraction of sp³-hybridized carbons (Fsp3) is 0.250. The van der Waals surface area contributed by atoms with Gasteiger partial charge in [-0.1, -0.05) is 30.3 Å². The summed E-state index contributed by atoms with van der Waals surface area (Å²) in [6, 6.07) is 12.5. The highest BCUT2D eigenvalue weighted by molar-refractivity contribution is 9.10. The van der Waals surface area contributed by atoms with Crippen molar-refractivity contribution in [3.05, 3.63) is 63.9 Å². The monoisotopic (exact) mass is 337 g/mol. The maximum absolute atomic E-state index is 13.6. The van der Waals surface area contributed by atoms with Crippen molar-refractivity contribution in [1.29, 1.82) is 0 Å². The van der Waals surface area contributed by atoms with Crippen LogP contribution in [0.2, 0.25) is 0 Å². The molecule has 0 heterocycles. The largest absolute Gasteiger partial charge is 0.487 e. The van der Waals surface area contributed by atoms with Gasteiger partial charge in [0.1, 0.15) is 18.2 Å². The fourth-order valence-corrected chi connectivity index (χ4v) is 2.51. The second-order valence-electron chi connectivity index (χ2n) is 4.79. The molecule has 20 heavy (non-hydrogen) atoms. The summed E-state index contributed by atoms with van der Waals surface area (Å²) in [6.45, 7) is 2.14. The summed E-state index contributed by atoms with van der Waals surface area (Å²) in [6.07, 6.45) is 0.714. The average molecular weight is 338 g/mol. The van der Waals surface area contributed by atoms with Crippen LogP contribution in [0.5, 0.6) is 5.75 Å². The molecular weight excluding hydrogens is 321 g/mol. The molecule has 0 bridgehead atoms. The molecule has 0 aliphatic heterocycles.